The van der Waals surface area contributed by atoms with E-state index < -0.39 is 10.8 Å². The predicted molar refractivity (Wildman–Crippen MR) is 90.5 cm³/mol. The Morgan fingerprint density at radius 3 is 2.75 bits per heavy atom. The zero-order valence-corrected chi connectivity index (χ0v) is 13.2. The minimum atomic E-state index is -1.48. The van der Waals surface area contributed by atoms with Crippen LogP contribution in [0.5, 0.6) is 0 Å². The van der Waals surface area contributed by atoms with Crippen molar-refractivity contribution in [1.29, 1.82) is 5.26 Å². The highest BCUT2D eigenvalue weighted by Gasteiger charge is 2.15. The van der Waals surface area contributed by atoms with E-state index in [1.165, 1.54) is 0 Å². The van der Waals surface area contributed by atoms with Gasteiger partial charge in [-0.05, 0) is 17.7 Å². The molecule has 0 aliphatic rings. The van der Waals surface area contributed by atoms with Gasteiger partial charge in [-0.1, -0.05) is 36.4 Å². The number of hydrogen-bond acceptors (Lipinski definition) is 5. The van der Waals surface area contributed by atoms with Gasteiger partial charge in [0, 0.05) is 10.9 Å². The molecule has 4 rings (SSSR count). The number of hydrogen-bond donors (Lipinski definition) is 1. The van der Waals surface area contributed by atoms with Crippen molar-refractivity contribution >= 4 is 32.9 Å². The Kier molecular flexibility index (Phi) is 3.52. The molecule has 0 aliphatic carbocycles. The van der Waals surface area contributed by atoms with E-state index >= 15 is 0 Å². The lowest BCUT2D eigenvalue weighted by molar-refractivity contribution is 0.672. The fourth-order valence-electron chi connectivity index (χ4n) is 2.56. The van der Waals surface area contributed by atoms with E-state index in [0.717, 1.165) is 10.9 Å². The van der Waals surface area contributed by atoms with Crippen molar-refractivity contribution < 1.29 is 4.21 Å². The maximum absolute atomic E-state index is 12.6. The molecule has 1 atom stereocenters. The highest BCUT2D eigenvalue weighted by atomic mass is 32.2. The quantitative estimate of drug-likeness (QED) is 0.622. The molecule has 0 amide bonds. The van der Waals surface area contributed by atoms with Crippen LogP contribution in [0.2, 0.25) is 0 Å². The lowest BCUT2D eigenvalue weighted by Crippen LogP contribution is -2.05. The fourth-order valence-corrected chi connectivity index (χ4v) is 3.55. The van der Waals surface area contributed by atoms with Crippen LogP contribution < -0.4 is 0 Å². The van der Waals surface area contributed by atoms with Crippen molar-refractivity contribution in [3.05, 3.63) is 59.7 Å². The largest absolute Gasteiger partial charge is 0.338 e. The standard InChI is InChI=1S/C17H11N5OS/c18-9-11-5-1-2-6-12(11)10-24(23)17-20-16-15(21-22-17)13-7-3-4-8-14(13)19-16/h1-8H,10H2,(H,19,20,22). The first-order valence-electron chi connectivity index (χ1n) is 7.24. The molecule has 116 valence electrons. The number of rotatable bonds is 3. The normalized spacial score (nSPS) is 12.3. The lowest BCUT2D eigenvalue weighted by Gasteiger charge is -2.02. The van der Waals surface area contributed by atoms with Crippen molar-refractivity contribution in [2.24, 2.45) is 0 Å². The third-order valence-electron chi connectivity index (χ3n) is 3.73. The van der Waals surface area contributed by atoms with Crippen LogP contribution in [0.15, 0.2) is 53.7 Å². The molecular weight excluding hydrogens is 322 g/mol. The Morgan fingerprint density at radius 2 is 1.88 bits per heavy atom. The number of nitriles is 1. The fraction of sp³-hybridized carbons (Fsp3) is 0.0588. The number of aromatic amines is 1. The van der Waals surface area contributed by atoms with E-state index in [1.807, 2.05) is 30.3 Å². The summed E-state index contributed by atoms with van der Waals surface area (Å²) in [6.07, 6.45) is 0. The third kappa shape index (κ3) is 2.43. The van der Waals surface area contributed by atoms with Crippen LogP contribution in [0.1, 0.15) is 11.1 Å². The molecule has 2 heterocycles. The van der Waals surface area contributed by atoms with Crippen molar-refractivity contribution in [2.45, 2.75) is 10.9 Å². The second-order valence-electron chi connectivity index (χ2n) is 5.22. The van der Waals surface area contributed by atoms with Gasteiger partial charge in [-0.25, -0.2) is 0 Å². The molecule has 0 spiro atoms. The molecular formula is C17H11N5OS. The van der Waals surface area contributed by atoms with Crippen LogP contribution in [0, 0.1) is 11.3 Å². The van der Waals surface area contributed by atoms with Gasteiger partial charge >= 0.3 is 0 Å². The summed E-state index contributed by atoms with van der Waals surface area (Å²) in [5.41, 5.74) is 3.34. The summed E-state index contributed by atoms with van der Waals surface area (Å²) in [5.74, 6) is 0.178. The summed E-state index contributed by atoms with van der Waals surface area (Å²) in [6, 6.07) is 16.9. The van der Waals surface area contributed by atoms with Crippen molar-refractivity contribution in [3.63, 3.8) is 0 Å². The summed E-state index contributed by atoms with van der Waals surface area (Å²) < 4.78 is 12.6. The van der Waals surface area contributed by atoms with Gasteiger partial charge in [-0.15, -0.1) is 10.2 Å². The minimum absolute atomic E-state index is 0.154. The van der Waals surface area contributed by atoms with Crippen LogP contribution in [0.25, 0.3) is 22.1 Å². The smallest absolute Gasteiger partial charge is 0.241 e. The Bertz CT molecular complexity index is 1130. The zero-order valence-electron chi connectivity index (χ0n) is 12.4. The number of aromatic nitrogens is 4. The SMILES string of the molecule is N#Cc1ccccc1CS(=O)c1nnc2c(n1)[nH]c1ccccc12. The van der Waals surface area contributed by atoms with Crippen LogP contribution in [-0.4, -0.2) is 24.4 Å². The van der Waals surface area contributed by atoms with E-state index in [2.05, 4.69) is 26.2 Å². The maximum atomic E-state index is 12.6. The molecule has 0 saturated carbocycles. The molecule has 0 radical (unpaired) electrons. The monoisotopic (exact) mass is 333 g/mol. The second kappa shape index (κ2) is 5.83. The molecule has 0 saturated heterocycles. The molecule has 2 aromatic carbocycles. The van der Waals surface area contributed by atoms with Crippen molar-refractivity contribution in [3.8, 4) is 6.07 Å². The van der Waals surface area contributed by atoms with E-state index in [4.69, 9.17) is 5.26 Å². The van der Waals surface area contributed by atoms with Gasteiger partial charge in [0.2, 0.25) is 5.16 Å². The highest BCUT2D eigenvalue weighted by Crippen LogP contribution is 2.22. The summed E-state index contributed by atoms with van der Waals surface area (Å²) >= 11 is 0. The van der Waals surface area contributed by atoms with Crippen LogP contribution in [-0.2, 0) is 16.6 Å². The summed E-state index contributed by atoms with van der Waals surface area (Å²) in [6.45, 7) is 0. The van der Waals surface area contributed by atoms with Gasteiger partial charge in [0.05, 0.1) is 28.2 Å². The average Bonchev–Trinajstić information content (AvgIpc) is 3.00. The first-order valence-corrected chi connectivity index (χ1v) is 8.55. The summed E-state index contributed by atoms with van der Waals surface area (Å²) in [5, 5.41) is 18.4. The number of fused-ring (bicyclic) bond motifs is 3. The lowest BCUT2D eigenvalue weighted by atomic mass is 10.1. The van der Waals surface area contributed by atoms with E-state index in [-0.39, 0.29) is 10.9 Å². The molecule has 6 nitrogen and oxygen atoms in total. The molecule has 0 bridgehead atoms. The molecule has 1 unspecified atom stereocenters. The van der Waals surface area contributed by atoms with Crippen LogP contribution >= 0.6 is 0 Å². The van der Waals surface area contributed by atoms with E-state index in [1.54, 1.807) is 18.2 Å². The van der Waals surface area contributed by atoms with Gasteiger partial charge in [0.15, 0.2) is 5.65 Å². The Hall–Kier alpha value is -3.11. The molecule has 2 aromatic heterocycles. The van der Waals surface area contributed by atoms with E-state index in [9.17, 15) is 4.21 Å². The molecule has 4 aromatic rings. The number of H-pyrrole nitrogens is 1. The predicted octanol–water partition coefficient (Wildman–Crippen LogP) is 2.69. The summed E-state index contributed by atoms with van der Waals surface area (Å²) in [4.78, 5) is 7.51. The van der Waals surface area contributed by atoms with Gasteiger partial charge in [0.25, 0.3) is 0 Å². The molecule has 0 aliphatic heterocycles. The third-order valence-corrected chi connectivity index (χ3v) is 4.88. The van der Waals surface area contributed by atoms with Crippen molar-refractivity contribution in [2.75, 3.05) is 0 Å². The Morgan fingerprint density at radius 1 is 1.08 bits per heavy atom. The van der Waals surface area contributed by atoms with Crippen LogP contribution in [0.4, 0.5) is 0 Å². The Balaban J connectivity index is 1.72. The van der Waals surface area contributed by atoms with Crippen molar-refractivity contribution in [1.82, 2.24) is 20.2 Å². The zero-order chi connectivity index (χ0) is 16.5. The number of nitrogens with one attached hydrogen (secondary N) is 1. The van der Waals surface area contributed by atoms with Gasteiger partial charge in [-0.2, -0.15) is 10.2 Å². The Labute approximate surface area is 139 Å². The van der Waals surface area contributed by atoms with E-state index in [0.29, 0.717) is 22.3 Å². The molecule has 1 N–H and O–H groups in total. The maximum Gasteiger partial charge on any atom is 0.241 e. The number of para-hydroxylation sites is 1. The molecule has 24 heavy (non-hydrogen) atoms. The summed E-state index contributed by atoms with van der Waals surface area (Å²) in [7, 11) is -1.48. The average molecular weight is 333 g/mol. The van der Waals surface area contributed by atoms with Gasteiger partial charge in [0.1, 0.15) is 5.52 Å². The van der Waals surface area contributed by atoms with Gasteiger partial charge in [-0.3, -0.25) is 4.21 Å². The molecule has 0 fully saturated rings. The highest BCUT2D eigenvalue weighted by molar-refractivity contribution is 7.84. The first-order chi connectivity index (χ1) is 11.8. The minimum Gasteiger partial charge on any atom is -0.338 e. The molecule has 7 heteroatoms. The second-order valence-corrected chi connectivity index (χ2v) is 6.57. The van der Waals surface area contributed by atoms with Gasteiger partial charge < -0.3 is 4.98 Å². The number of nitrogens with zero attached hydrogens (tertiary/aromatic N) is 4. The topological polar surface area (TPSA) is 95.3 Å². The first kappa shape index (κ1) is 14.5. The number of benzene rings is 2. The van der Waals surface area contributed by atoms with Crippen LogP contribution in [0.3, 0.4) is 0 Å².